The fourth-order valence-corrected chi connectivity index (χ4v) is 2.96. The number of rotatable bonds is 3. The number of aromatic amines is 1. The lowest BCUT2D eigenvalue weighted by molar-refractivity contribution is 0.869. The first-order chi connectivity index (χ1) is 9.15. The summed E-state index contributed by atoms with van der Waals surface area (Å²) in [7, 11) is 0. The van der Waals surface area contributed by atoms with E-state index in [1.807, 2.05) is 24.3 Å². The second-order valence-electron chi connectivity index (χ2n) is 4.75. The number of benzene rings is 1. The van der Waals surface area contributed by atoms with Crippen LogP contribution in [-0.2, 0) is 6.42 Å². The van der Waals surface area contributed by atoms with Gasteiger partial charge in [-0.05, 0) is 47.1 Å². The van der Waals surface area contributed by atoms with E-state index in [-0.39, 0.29) is 5.56 Å². The van der Waals surface area contributed by atoms with Gasteiger partial charge in [0.25, 0.3) is 5.56 Å². The van der Waals surface area contributed by atoms with E-state index in [1.165, 1.54) is 0 Å². The molecule has 0 saturated heterocycles. The predicted octanol–water partition coefficient (Wildman–Crippen LogP) is 3.50. The zero-order valence-corrected chi connectivity index (χ0v) is 13.0. The monoisotopic (exact) mass is 386 g/mol. The molecule has 0 atom stereocenters. The largest absolute Gasteiger partial charge is 0.309 e. The maximum Gasteiger partial charge on any atom is 0.264 e. The van der Waals surface area contributed by atoms with Crippen LogP contribution in [0.25, 0.3) is 0 Å². The molecule has 1 fully saturated rings. The first-order valence-electron chi connectivity index (χ1n) is 6.17. The van der Waals surface area contributed by atoms with Crippen molar-refractivity contribution in [3.05, 3.63) is 60.3 Å². The molecule has 1 saturated carbocycles. The van der Waals surface area contributed by atoms with Crippen LogP contribution < -0.4 is 5.56 Å². The minimum absolute atomic E-state index is 0.0421. The summed E-state index contributed by atoms with van der Waals surface area (Å²) in [5.74, 6) is 1.17. The lowest BCUT2D eigenvalue weighted by Gasteiger charge is -2.07. The Kier molecular flexibility index (Phi) is 3.62. The summed E-state index contributed by atoms with van der Waals surface area (Å²) < 4.78 is 0.725. The van der Waals surface area contributed by atoms with Crippen molar-refractivity contribution in [1.29, 1.82) is 0 Å². The van der Waals surface area contributed by atoms with E-state index < -0.39 is 0 Å². The van der Waals surface area contributed by atoms with Crippen LogP contribution in [0.5, 0.6) is 0 Å². The SMILES string of the molecule is O=c1[nH]c(Cc2ccccc2Cl)nc(C2CC2)c1I. The zero-order chi connectivity index (χ0) is 13.4. The number of H-pyrrole nitrogens is 1. The van der Waals surface area contributed by atoms with E-state index in [0.29, 0.717) is 23.2 Å². The molecule has 1 aromatic carbocycles. The predicted molar refractivity (Wildman–Crippen MR) is 83.8 cm³/mol. The third-order valence-electron chi connectivity index (χ3n) is 3.22. The van der Waals surface area contributed by atoms with Crippen LogP contribution in [0.1, 0.15) is 35.8 Å². The average molecular weight is 387 g/mol. The van der Waals surface area contributed by atoms with Crippen LogP contribution in [-0.4, -0.2) is 9.97 Å². The third-order valence-corrected chi connectivity index (χ3v) is 4.63. The van der Waals surface area contributed by atoms with Gasteiger partial charge in [0.2, 0.25) is 0 Å². The molecule has 1 N–H and O–H groups in total. The minimum Gasteiger partial charge on any atom is -0.309 e. The summed E-state index contributed by atoms with van der Waals surface area (Å²) in [5.41, 5.74) is 1.89. The number of hydrogen-bond acceptors (Lipinski definition) is 2. The molecule has 3 nitrogen and oxygen atoms in total. The Morgan fingerprint density at radius 2 is 2.11 bits per heavy atom. The molecule has 0 bridgehead atoms. The van der Waals surface area contributed by atoms with Gasteiger partial charge in [0.05, 0.1) is 9.26 Å². The van der Waals surface area contributed by atoms with Gasteiger partial charge >= 0.3 is 0 Å². The van der Waals surface area contributed by atoms with Crippen molar-refractivity contribution in [3.63, 3.8) is 0 Å². The van der Waals surface area contributed by atoms with Gasteiger partial charge in [-0.15, -0.1) is 0 Å². The molecule has 0 unspecified atom stereocenters. The van der Waals surface area contributed by atoms with E-state index in [9.17, 15) is 4.79 Å². The summed E-state index contributed by atoms with van der Waals surface area (Å²) in [6.07, 6.45) is 2.83. The van der Waals surface area contributed by atoms with E-state index >= 15 is 0 Å². The summed E-state index contributed by atoms with van der Waals surface area (Å²) >= 11 is 8.22. The normalized spacial score (nSPS) is 14.6. The molecule has 1 aliphatic rings. The Labute approximate surface area is 129 Å². The Morgan fingerprint density at radius 3 is 2.79 bits per heavy atom. The Balaban J connectivity index is 1.97. The van der Waals surface area contributed by atoms with Crippen LogP contribution in [0.3, 0.4) is 0 Å². The van der Waals surface area contributed by atoms with Gasteiger partial charge in [-0.1, -0.05) is 29.8 Å². The highest BCUT2D eigenvalue weighted by Crippen LogP contribution is 2.40. The van der Waals surface area contributed by atoms with Crippen LogP contribution in [0.2, 0.25) is 5.02 Å². The van der Waals surface area contributed by atoms with Gasteiger partial charge in [-0.25, -0.2) is 4.98 Å². The lowest BCUT2D eigenvalue weighted by atomic mass is 10.1. The summed E-state index contributed by atoms with van der Waals surface area (Å²) in [5, 5.41) is 0.705. The first kappa shape index (κ1) is 13.1. The molecule has 1 heterocycles. The number of nitrogens with one attached hydrogen (secondary N) is 1. The fraction of sp³-hybridized carbons (Fsp3) is 0.286. The van der Waals surface area contributed by atoms with Crippen LogP contribution in [0.15, 0.2) is 29.1 Å². The molecule has 2 aromatic rings. The minimum atomic E-state index is -0.0421. The molecule has 3 rings (SSSR count). The molecular formula is C14H12ClIN2O. The number of hydrogen-bond donors (Lipinski definition) is 1. The van der Waals surface area contributed by atoms with Gasteiger partial charge < -0.3 is 4.98 Å². The van der Waals surface area contributed by atoms with Crippen molar-refractivity contribution >= 4 is 34.2 Å². The first-order valence-corrected chi connectivity index (χ1v) is 7.63. The maximum atomic E-state index is 11.9. The van der Waals surface area contributed by atoms with Crippen LogP contribution >= 0.6 is 34.2 Å². The zero-order valence-electron chi connectivity index (χ0n) is 10.1. The second kappa shape index (κ2) is 5.25. The van der Waals surface area contributed by atoms with E-state index in [4.69, 9.17) is 11.6 Å². The van der Waals surface area contributed by atoms with Crippen molar-refractivity contribution < 1.29 is 0 Å². The standard InChI is InChI=1S/C14H12ClIN2O/c15-10-4-2-1-3-9(10)7-11-17-13(8-5-6-8)12(16)14(19)18-11/h1-4,8H,5-7H2,(H,17,18,19). The molecule has 0 spiro atoms. The molecule has 98 valence electrons. The van der Waals surface area contributed by atoms with Gasteiger partial charge in [-0.3, -0.25) is 4.79 Å². The van der Waals surface area contributed by atoms with E-state index in [2.05, 4.69) is 32.6 Å². The number of aromatic nitrogens is 2. The van der Waals surface area contributed by atoms with Gasteiger partial charge in [0.15, 0.2) is 0 Å². The quantitative estimate of drug-likeness (QED) is 0.821. The Morgan fingerprint density at radius 1 is 1.37 bits per heavy atom. The number of halogens is 2. The summed E-state index contributed by atoms with van der Waals surface area (Å²) in [4.78, 5) is 19.4. The molecular weight excluding hydrogens is 375 g/mol. The topological polar surface area (TPSA) is 45.8 Å². The van der Waals surface area contributed by atoms with Crippen LogP contribution in [0.4, 0.5) is 0 Å². The summed E-state index contributed by atoms with van der Waals surface area (Å²) in [6.45, 7) is 0. The Hall–Kier alpha value is -0.880. The van der Waals surface area contributed by atoms with Gasteiger partial charge in [0, 0.05) is 17.4 Å². The maximum absolute atomic E-state index is 11.9. The van der Waals surface area contributed by atoms with Crippen molar-refractivity contribution in [2.45, 2.75) is 25.2 Å². The van der Waals surface area contributed by atoms with Crippen LogP contribution in [0, 0.1) is 3.57 Å². The Bertz CT molecular complexity index is 679. The van der Waals surface area contributed by atoms with E-state index in [0.717, 1.165) is 27.7 Å². The second-order valence-corrected chi connectivity index (χ2v) is 6.24. The highest BCUT2D eigenvalue weighted by Gasteiger charge is 2.28. The number of nitrogens with zero attached hydrogens (tertiary/aromatic N) is 1. The van der Waals surface area contributed by atoms with Gasteiger partial charge in [0.1, 0.15) is 5.82 Å². The summed E-state index contributed by atoms with van der Waals surface area (Å²) in [6, 6.07) is 7.64. The highest BCUT2D eigenvalue weighted by molar-refractivity contribution is 14.1. The van der Waals surface area contributed by atoms with Crippen molar-refractivity contribution in [2.24, 2.45) is 0 Å². The smallest absolute Gasteiger partial charge is 0.264 e. The highest BCUT2D eigenvalue weighted by atomic mass is 127. The third kappa shape index (κ3) is 2.84. The molecule has 1 aromatic heterocycles. The van der Waals surface area contributed by atoms with Crippen molar-refractivity contribution in [1.82, 2.24) is 9.97 Å². The van der Waals surface area contributed by atoms with E-state index in [1.54, 1.807) is 0 Å². The molecule has 1 aliphatic carbocycles. The lowest BCUT2D eigenvalue weighted by Crippen LogP contribution is -2.18. The van der Waals surface area contributed by atoms with Crippen molar-refractivity contribution in [3.8, 4) is 0 Å². The molecule has 0 aliphatic heterocycles. The van der Waals surface area contributed by atoms with Gasteiger partial charge in [-0.2, -0.15) is 0 Å². The average Bonchev–Trinajstić information content (AvgIpc) is 3.20. The molecule has 5 heteroatoms. The molecule has 0 amide bonds. The van der Waals surface area contributed by atoms with Crippen molar-refractivity contribution in [2.75, 3.05) is 0 Å². The molecule has 19 heavy (non-hydrogen) atoms. The fourth-order valence-electron chi connectivity index (χ4n) is 2.06. The molecule has 0 radical (unpaired) electrons.